The van der Waals surface area contributed by atoms with E-state index < -0.39 is 0 Å². The maximum absolute atomic E-state index is 13.1. The number of benzene rings is 3. The predicted molar refractivity (Wildman–Crippen MR) is 118 cm³/mol. The van der Waals surface area contributed by atoms with Crippen molar-refractivity contribution in [3.63, 3.8) is 0 Å². The Balaban J connectivity index is 1.54. The first-order chi connectivity index (χ1) is 14.0. The Labute approximate surface area is 178 Å². The van der Waals surface area contributed by atoms with Crippen molar-refractivity contribution in [1.29, 1.82) is 0 Å². The van der Waals surface area contributed by atoms with Crippen molar-refractivity contribution in [3.8, 4) is 0 Å². The first kappa shape index (κ1) is 19.4. The Morgan fingerprint density at radius 1 is 1.03 bits per heavy atom. The fourth-order valence-corrected chi connectivity index (χ4v) is 4.18. The molecule has 29 heavy (non-hydrogen) atoms. The molecule has 1 N–H and O–H groups in total. The van der Waals surface area contributed by atoms with Gasteiger partial charge in [-0.25, -0.2) is 0 Å². The molecule has 4 rings (SSSR count). The van der Waals surface area contributed by atoms with E-state index in [1.165, 1.54) is 0 Å². The van der Waals surface area contributed by atoms with Crippen molar-refractivity contribution >= 4 is 33.4 Å². The third kappa shape index (κ3) is 3.96. The Kier molecular flexibility index (Phi) is 5.49. The number of carbonyl (C=O) groups excluding carboxylic acids is 2. The molecule has 4 nitrogen and oxygen atoms in total. The van der Waals surface area contributed by atoms with Crippen LogP contribution in [-0.2, 0) is 13.0 Å². The van der Waals surface area contributed by atoms with Crippen LogP contribution in [0.1, 0.15) is 38.8 Å². The fraction of sp³-hybridized carbons (Fsp3) is 0.167. The van der Waals surface area contributed by atoms with Crippen LogP contribution < -0.4 is 10.2 Å². The van der Waals surface area contributed by atoms with Gasteiger partial charge in [0.25, 0.3) is 11.8 Å². The summed E-state index contributed by atoms with van der Waals surface area (Å²) in [7, 11) is 0. The van der Waals surface area contributed by atoms with Crippen LogP contribution in [0.4, 0.5) is 5.69 Å². The van der Waals surface area contributed by atoms with Gasteiger partial charge in [0, 0.05) is 28.3 Å². The van der Waals surface area contributed by atoms with E-state index in [1.807, 2.05) is 65.6 Å². The lowest BCUT2D eigenvalue weighted by atomic mass is 10.1. The van der Waals surface area contributed by atoms with Crippen LogP contribution in [0.3, 0.4) is 0 Å². The molecule has 146 valence electrons. The van der Waals surface area contributed by atoms with Crippen molar-refractivity contribution < 1.29 is 9.59 Å². The molecule has 0 bridgehead atoms. The van der Waals surface area contributed by atoms with Gasteiger partial charge in [0.2, 0.25) is 0 Å². The van der Waals surface area contributed by atoms with Gasteiger partial charge in [-0.15, -0.1) is 0 Å². The molecule has 3 aromatic carbocycles. The third-order valence-corrected chi connectivity index (χ3v) is 5.87. The number of amides is 2. The molecule has 0 aliphatic carbocycles. The summed E-state index contributed by atoms with van der Waals surface area (Å²) >= 11 is 3.41. The van der Waals surface area contributed by atoms with Gasteiger partial charge in [0.15, 0.2) is 0 Å². The Morgan fingerprint density at radius 2 is 1.76 bits per heavy atom. The third-order valence-electron chi connectivity index (χ3n) is 5.18. The number of hydrogen-bond acceptors (Lipinski definition) is 2. The topological polar surface area (TPSA) is 49.4 Å². The van der Waals surface area contributed by atoms with Crippen LogP contribution in [0.2, 0.25) is 0 Å². The highest BCUT2D eigenvalue weighted by atomic mass is 79.9. The zero-order chi connectivity index (χ0) is 20.4. The summed E-state index contributed by atoms with van der Waals surface area (Å²) in [6, 6.07) is 22.9. The SMILES string of the molecule is C[C@H]1Cc2ccc(CNC(=O)c3ccccc3Br)cc2N1C(=O)c1ccccc1. The van der Waals surface area contributed by atoms with Crippen molar-refractivity contribution in [3.05, 3.63) is 99.5 Å². The average molecular weight is 449 g/mol. The zero-order valence-electron chi connectivity index (χ0n) is 16.1. The minimum atomic E-state index is -0.136. The maximum Gasteiger partial charge on any atom is 0.258 e. The van der Waals surface area contributed by atoms with Crippen molar-refractivity contribution in [1.82, 2.24) is 5.32 Å². The largest absolute Gasteiger partial charge is 0.348 e. The quantitative estimate of drug-likeness (QED) is 0.612. The molecule has 1 aliphatic heterocycles. The number of rotatable bonds is 4. The molecule has 0 fully saturated rings. The van der Waals surface area contributed by atoms with Gasteiger partial charge in [0.1, 0.15) is 0 Å². The number of nitrogens with zero attached hydrogens (tertiary/aromatic N) is 1. The number of carbonyl (C=O) groups is 2. The second-order valence-electron chi connectivity index (χ2n) is 7.22. The molecule has 0 radical (unpaired) electrons. The van der Waals surface area contributed by atoms with E-state index in [1.54, 1.807) is 6.07 Å². The number of fused-ring (bicyclic) bond motifs is 1. The van der Waals surface area contributed by atoms with Crippen molar-refractivity contribution in [2.24, 2.45) is 0 Å². The summed E-state index contributed by atoms with van der Waals surface area (Å²) in [5.41, 5.74) is 4.33. The van der Waals surface area contributed by atoms with Crippen LogP contribution >= 0.6 is 15.9 Å². The molecule has 1 atom stereocenters. The lowest BCUT2D eigenvalue weighted by Crippen LogP contribution is -2.35. The highest BCUT2D eigenvalue weighted by molar-refractivity contribution is 9.10. The molecule has 1 heterocycles. The van der Waals surface area contributed by atoms with Crippen LogP contribution in [0, 0.1) is 0 Å². The smallest absolute Gasteiger partial charge is 0.258 e. The second-order valence-corrected chi connectivity index (χ2v) is 8.07. The number of anilines is 1. The van der Waals surface area contributed by atoms with Crippen molar-refractivity contribution in [2.75, 3.05) is 4.90 Å². The Morgan fingerprint density at radius 3 is 2.52 bits per heavy atom. The first-order valence-electron chi connectivity index (χ1n) is 9.57. The van der Waals surface area contributed by atoms with E-state index in [2.05, 4.69) is 34.2 Å². The van der Waals surface area contributed by atoms with Crippen LogP contribution in [0.5, 0.6) is 0 Å². The molecule has 0 aromatic heterocycles. The van der Waals surface area contributed by atoms with E-state index in [0.29, 0.717) is 17.7 Å². The van der Waals surface area contributed by atoms with E-state index >= 15 is 0 Å². The summed E-state index contributed by atoms with van der Waals surface area (Å²) in [5.74, 6) is -0.130. The standard InChI is InChI=1S/C24H21BrN2O2/c1-16-13-19-12-11-17(15-26-23(28)20-9-5-6-10-21(20)25)14-22(19)27(16)24(29)18-7-3-2-4-8-18/h2-12,14,16H,13,15H2,1H3,(H,26,28)/t16-/m0/s1. The summed E-state index contributed by atoms with van der Waals surface area (Å²) < 4.78 is 0.764. The average Bonchev–Trinajstić information content (AvgIpc) is 3.07. The summed E-state index contributed by atoms with van der Waals surface area (Å²) in [5, 5.41) is 2.96. The summed E-state index contributed by atoms with van der Waals surface area (Å²) in [6.07, 6.45) is 0.831. The van der Waals surface area contributed by atoms with Gasteiger partial charge in [-0.3, -0.25) is 9.59 Å². The monoisotopic (exact) mass is 448 g/mol. The molecule has 0 unspecified atom stereocenters. The van der Waals surface area contributed by atoms with Crippen LogP contribution in [0.25, 0.3) is 0 Å². The fourth-order valence-electron chi connectivity index (χ4n) is 3.72. The number of hydrogen-bond donors (Lipinski definition) is 1. The highest BCUT2D eigenvalue weighted by Crippen LogP contribution is 2.34. The van der Waals surface area contributed by atoms with Crippen LogP contribution in [0.15, 0.2) is 77.3 Å². The maximum atomic E-state index is 13.1. The van der Waals surface area contributed by atoms with Gasteiger partial charge < -0.3 is 10.2 Å². The molecular formula is C24H21BrN2O2. The molecule has 2 amide bonds. The van der Waals surface area contributed by atoms with Crippen molar-refractivity contribution in [2.45, 2.75) is 25.9 Å². The molecule has 1 aliphatic rings. The summed E-state index contributed by atoms with van der Waals surface area (Å²) in [4.78, 5) is 27.4. The van der Waals surface area contributed by atoms with Gasteiger partial charge in [0.05, 0.1) is 5.56 Å². The van der Waals surface area contributed by atoms with E-state index in [9.17, 15) is 9.59 Å². The zero-order valence-corrected chi connectivity index (χ0v) is 17.6. The Hall–Kier alpha value is -2.92. The second kappa shape index (κ2) is 8.21. The Bertz CT molecular complexity index is 1070. The molecule has 3 aromatic rings. The molecule has 5 heteroatoms. The number of nitrogens with one attached hydrogen (secondary N) is 1. The minimum Gasteiger partial charge on any atom is -0.348 e. The van der Waals surface area contributed by atoms with E-state index in [4.69, 9.17) is 0 Å². The lowest BCUT2D eigenvalue weighted by molar-refractivity contribution is 0.0948. The molecule has 0 saturated heterocycles. The van der Waals surface area contributed by atoms with Gasteiger partial charge in [-0.05, 0) is 70.7 Å². The van der Waals surface area contributed by atoms with Gasteiger partial charge >= 0.3 is 0 Å². The highest BCUT2D eigenvalue weighted by Gasteiger charge is 2.31. The molecule has 0 spiro atoms. The lowest BCUT2D eigenvalue weighted by Gasteiger charge is -2.23. The first-order valence-corrected chi connectivity index (χ1v) is 10.4. The summed E-state index contributed by atoms with van der Waals surface area (Å²) in [6.45, 7) is 2.46. The van der Waals surface area contributed by atoms with Crippen LogP contribution in [-0.4, -0.2) is 17.9 Å². The normalized spacial score (nSPS) is 15.1. The molecular weight excluding hydrogens is 428 g/mol. The van der Waals surface area contributed by atoms with Gasteiger partial charge in [-0.2, -0.15) is 0 Å². The predicted octanol–water partition coefficient (Wildman–Crippen LogP) is 4.97. The van der Waals surface area contributed by atoms with E-state index in [-0.39, 0.29) is 17.9 Å². The minimum absolute atomic E-state index is 0.00579. The van der Waals surface area contributed by atoms with E-state index in [0.717, 1.165) is 27.7 Å². The van der Waals surface area contributed by atoms with Gasteiger partial charge in [-0.1, -0.05) is 42.5 Å². The number of halogens is 1. The molecule has 0 saturated carbocycles.